The highest BCUT2D eigenvalue weighted by atomic mass is 16.5. The van der Waals surface area contributed by atoms with Crippen molar-refractivity contribution in [2.24, 2.45) is 5.73 Å². The number of nitrogens with zero attached hydrogens (tertiary/aromatic N) is 3. The van der Waals surface area contributed by atoms with Gasteiger partial charge >= 0.3 is 0 Å². The minimum atomic E-state index is 0.530. The van der Waals surface area contributed by atoms with Gasteiger partial charge in [-0.05, 0) is 24.1 Å². The molecule has 0 radical (unpaired) electrons. The molecule has 2 aromatic heterocycles. The molecule has 2 aromatic rings. The van der Waals surface area contributed by atoms with Gasteiger partial charge in [-0.25, -0.2) is 9.50 Å². The molecule has 0 aromatic carbocycles. The molecule has 2 N–H and O–H groups in total. The number of aromatic nitrogens is 3. The first kappa shape index (κ1) is 11.0. The monoisotopic (exact) mass is 220 g/mol. The van der Waals surface area contributed by atoms with Gasteiger partial charge in [0.2, 0.25) is 0 Å². The van der Waals surface area contributed by atoms with Crippen LogP contribution in [0.4, 0.5) is 0 Å². The summed E-state index contributed by atoms with van der Waals surface area (Å²) in [6, 6.07) is 3.92. The molecule has 0 saturated carbocycles. The Bertz CT molecular complexity index is 466. The molecule has 0 amide bonds. The number of hydrogen-bond acceptors (Lipinski definition) is 4. The number of ether oxygens (including phenoxy) is 1. The van der Waals surface area contributed by atoms with E-state index in [-0.39, 0.29) is 0 Å². The molecule has 0 aliphatic carbocycles. The maximum atomic E-state index is 5.57. The Morgan fingerprint density at radius 3 is 3.12 bits per heavy atom. The van der Waals surface area contributed by atoms with Gasteiger partial charge in [-0.15, -0.1) is 0 Å². The number of hydrogen-bond donors (Lipinski definition) is 1. The summed E-state index contributed by atoms with van der Waals surface area (Å²) in [6.07, 6.45) is 3.68. The average Bonchev–Trinajstić information content (AvgIpc) is 2.70. The van der Waals surface area contributed by atoms with E-state index < -0.39 is 0 Å². The van der Waals surface area contributed by atoms with E-state index in [9.17, 15) is 0 Å². The first-order valence-corrected chi connectivity index (χ1v) is 5.36. The highest BCUT2D eigenvalue weighted by Gasteiger charge is 2.03. The molecule has 0 aliphatic rings. The molecule has 0 aliphatic heterocycles. The third-order valence-electron chi connectivity index (χ3n) is 2.43. The number of methoxy groups -OCH3 is 1. The van der Waals surface area contributed by atoms with Crippen molar-refractivity contribution >= 4 is 5.65 Å². The van der Waals surface area contributed by atoms with Crippen LogP contribution in [0.25, 0.3) is 5.65 Å². The van der Waals surface area contributed by atoms with Crippen LogP contribution in [-0.4, -0.2) is 28.3 Å². The molecule has 5 heteroatoms. The largest absolute Gasteiger partial charge is 0.385 e. The van der Waals surface area contributed by atoms with Crippen LogP contribution in [0.15, 0.2) is 18.3 Å². The molecule has 5 nitrogen and oxygen atoms in total. The van der Waals surface area contributed by atoms with Crippen molar-refractivity contribution in [3.63, 3.8) is 0 Å². The fourth-order valence-corrected chi connectivity index (χ4v) is 1.58. The van der Waals surface area contributed by atoms with E-state index in [0.717, 1.165) is 36.5 Å². The van der Waals surface area contributed by atoms with Crippen molar-refractivity contribution in [3.05, 3.63) is 29.7 Å². The summed E-state index contributed by atoms with van der Waals surface area (Å²) in [5.74, 6) is 0.853. The Kier molecular flexibility index (Phi) is 3.48. The van der Waals surface area contributed by atoms with Crippen LogP contribution in [0.3, 0.4) is 0 Å². The zero-order valence-corrected chi connectivity index (χ0v) is 9.39. The molecule has 2 heterocycles. The van der Waals surface area contributed by atoms with Crippen molar-refractivity contribution in [1.82, 2.24) is 14.6 Å². The predicted molar refractivity (Wildman–Crippen MR) is 61.1 cm³/mol. The predicted octanol–water partition coefficient (Wildman–Crippen LogP) is 0.767. The lowest BCUT2D eigenvalue weighted by Crippen LogP contribution is -1.97. The Hall–Kier alpha value is -1.46. The molecular weight excluding hydrogens is 204 g/mol. The van der Waals surface area contributed by atoms with E-state index in [1.807, 2.05) is 18.3 Å². The van der Waals surface area contributed by atoms with Crippen molar-refractivity contribution in [2.45, 2.75) is 19.4 Å². The number of aryl methyl sites for hydroxylation is 1. The second-order valence-electron chi connectivity index (χ2n) is 3.67. The first-order valence-electron chi connectivity index (χ1n) is 5.36. The average molecular weight is 220 g/mol. The van der Waals surface area contributed by atoms with Gasteiger partial charge in [-0.1, -0.05) is 0 Å². The zero-order valence-electron chi connectivity index (χ0n) is 9.39. The van der Waals surface area contributed by atoms with Crippen molar-refractivity contribution in [3.8, 4) is 0 Å². The third kappa shape index (κ3) is 2.37. The maximum Gasteiger partial charge on any atom is 0.155 e. The lowest BCUT2D eigenvalue weighted by Gasteiger charge is -1.95. The van der Waals surface area contributed by atoms with Gasteiger partial charge in [0.05, 0.1) is 0 Å². The highest BCUT2D eigenvalue weighted by Crippen LogP contribution is 2.06. The summed E-state index contributed by atoms with van der Waals surface area (Å²) in [5, 5.41) is 4.37. The van der Waals surface area contributed by atoms with Gasteiger partial charge in [-0.3, -0.25) is 0 Å². The van der Waals surface area contributed by atoms with Crippen LogP contribution >= 0.6 is 0 Å². The molecule has 0 saturated heterocycles. The van der Waals surface area contributed by atoms with Crippen LogP contribution < -0.4 is 5.73 Å². The summed E-state index contributed by atoms with van der Waals surface area (Å²) in [7, 11) is 1.70. The van der Waals surface area contributed by atoms with E-state index in [1.165, 1.54) is 0 Å². The fraction of sp³-hybridized carbons (Fsp3) is 0.455. The third-order valence-corrected chi connectivity index (χ3v) is 2.43. The van der Waals surface area contributed by atoms with Crippen LogP contribution in [0.5, 0.6) is 0 Å². The van der Waals surface area contributed by atoms with E-state index >= 15 is 0 Å². The Morgan fingerprint density at radius 1 is 1.50 bits per heavy atom. The van der Waals surface area contributed by atoms with Crippen LogP contribution in [0, 0.1) is 0 Å². The summed E-state index contributed by atoms with van der Waals surface area (Å²) in [4.78, 5) is 4.43. The number of rotatable bonds is 5. The van der Waals surface area contributed by atoms with Crippen molar-refractivity contribution in [1.29, 1.82) is 0 Å². The topological polar surface area (TPSA) is 65.4 Å². The smallest absolute Gasteiger partial charge is 0.155 e. The van der Waals surface area contributed by atoms with E-state index in [2.05, 4.69) is 10.1 Å². The Balaban J connectivity index is 2.16. The van der Waals surface area contributed by atoms with E-state index in [1.54, 1.807) is 11.6 Å². The SMILES string of the molecule is COCCCc1nc2cc(CN)ccn2n1. The normalized spacial score (nSPS) is 11.1. The highest BCUT2D eigenvalue weighted by molar-refractivity contribution is 5.40. The summed E-state index contributed by atoms with van der Waals surface area (Å²) in [5.41, 5.74) is 7.50. The van der Waals surface area contributed by atoms with Crippen LogP contribution in [0.2, 0.25) is 0 Å². The Morgan fingerprint density at radius 2 is 2.38 bits per heavy atom. The second-order valence-corrected chi connectivity index (χ2v) is 3.67. The number of pyridine rings is 1. The van der Waals surface area contributed by atoms with Gasteiger partial charge in [0.1, 0.15) is 0 Å². The molecule has 0 atom stereocenters. The summed E-state index contributed by atoms with van der Waals surface area (Å²) < 4.78 is 6.77. The standard InChI is InChI=1S/C11H16N4O/c1-16-6-2-3-10-13-11-7-9(8-12)4-5-15(11)14-10/h4-5,7H,2-3,6,8,12H2,1H3. The first-order chi connectivity index (χ1) is 7.83. The maximum absolute atomic E-state index is 5.57. The fourth-order valence-electron chi connectivity index (χ4n) is 1.58. The lowest BCUT2D eigenvalue weighted by molar-refractivity contribution is 0.194. The molecule has 86 valence electrons. The van der Waals surface area contributed by atoms with Crippen molar-refractivity contribution in [2.75, 3.05) is 13.7 Å². The molecule has 0 bridgehead atoms. The molecule has 16 heavy (non-hydrogen) atoms. The van der Waals surface area contributed by atoms with Crippen LogP contribution in [0.1, 0.15) is 17.8 Å². The lowest BCUT2D eigenvalue weighted by atomic mass is 10.3. The minimum Gasteiger partial charge on any atom is -0.385 e. The van der Waals surface area contributed by atoms with E-state index in [4.69, 9.17) is 10.5 Å². The van der Waals surface area contributed by atoms with Gasteiger partial charge in [-0.2, -0.15) is 5.10 Å². The quantitative estimate of drug-likeness (QED) is 0.756. The van der Waals surface area contributed by atoms with Gasteiger partial charge < -0.3 is 10.5 Å². The molecule has 2 rings (SSSR count). The van der Waals surface area contributed by atoms with Gasteiger partial charge in [0.15, 0.2) is 11.5 Å². The summed E-state index contributed by atoms with van der Waals surface area (Å²) in [6.45, 7) is 1.27. The number of nitrogens with two attached hydrogens (primary N) is 1. The zero-order chi connectivity index (χ0) is 11.4. The molecule has 0 spiro atoms. The van der Waals surface area contributed by atoms with Gasteiger partial charge in [0, 0.05) is 32.9 Å². The number of fused-ring (bicyclic) bond motifs is 1. The van der Waals surface area contributed by atoms with Crippen molar-refractivity contribution < 1.29 is 4.74 Å². The molecule has 0 fully saturated rings. The second kappa shape index (κ2) is 5.05. The van der Waals surface area contributed by atoms with Crippen LogP contribution in [-0.2, 0) is 17.7 Å². The molecule has 0 unspecified atom stereocenters. The van der Waals surface area contributed by atoms with Gasteiger partial charge in [0.25, 0.3) is 0 Å². The summed E-state index contributed by atoms with van der Waals surface area (Å²) >= 11 is 0. The molecular formula is C11H16N4O. The van der Waals surface area contributed by atoms with E-state index in [0.29, 0.717) is 6.54 Å². The Labute approximate surface area is 94.2 Å². The minimum absolute atomic E-state index is 0.530.